The van der Waals surface area contributed by atoms with Crippen molar-refractivity contribution in [2.24, 2.45) is 0 Å². The predicted molar refractivity (Wildman–Crippen MR) is 49.8 cm³/mol. The van der Waals surface area contributed by atoms with Crippen molar-refractivity contribution in [2.75, 3.05) is 0 Å². The molecule has 0 unspecified atom stereocenters. The molecule has 4 nitrogen and oxygen atoms in total. The number of aldehydes is 2. The van der Waals surface area contributed by atoms with E-state index in [0.717, 1.165) is 12.6 Å². The smallest absolute Gasteiger partial charge is 0.164 e. The van der Waals surface area contributed by atoms with Gasteiger partial charge in [0.15, 0.2) is 12.1 Å². The Morgan fingerprint density at radius 2 is 1.93 bits per heavy atom. The van der Waals surface area contributed by atoms with Crippen LogP contribution in [-0.4, -0.2) is 30.1 Å². The molecule has 14 heavy (non-hydrogen) atoms. The van der Waals surface area contributed by atoms with E-state index in [0.29, 0.717) is 12.8 Å². The molecule has 1 aliphatic heterocycles. The Labute approximate surface area is 83.6 Å². The summed E-state index contributed by atoms with van der Waals surface area (Å²) in [6.45, 7) is 5.20. The van der Waals surface area contributed by atoms with Crippen LogP contribution in [0.2, 0.25) is 0 Å². The first-order valence-corrected chi connectivity index (χ1v) is 4.71. The number of rotatable bonds is 4. The molecule has 0 N–H and O–H groups in total. The second-order valence-corrected chi connectivity index (χ2v) is 4.15. The van der Waals surface area contributed by atoms with E-state index in [2.05, 4.69) is 0 Å². The summed E-state index contributed by atoms with van der Waals surface area (Å²) in [5.74, 6) is -0.747. The zero-order valence-corrected chi connectivity index (χ0v) is 8.78. The molecule has 0 aromatic carbocycles. The number of carbonyl (C=O) groups excluding carboxylic acids is 2. The third kappa shape index (κ3) is 2.19. The maximum Gasteiger partial charge on any atom is 0.164 e. The van der Waals surface area contributed by atoms with Crippen molar-refractivity contribution in [3.05, 3.63) is 0 Å². The quantitative estimate of drug-likeness (QED) is 0.637. The summed E-state index contributed by atoms with van der Waals surface area (Å²) in [4.78, 5) is 21.1. The molecule has 0 saturated carbocycles. The van der Waals surface area contributed by atoms with Gasteiger partial charge in [0.05, 0.1) is 6.10 Å². The highest BCUT2D eigenvalue weighted by molar-refractivity contribution is 5.64. The Bertz CT molecular complexity index is 236. The number of hydrogen-bond acceptors (Lipinski definition) is 4. The van der Waals surface area contributed by atoms with Crippen LogP contribution in [0.3, 0.4) is 0 Å². The van der Waals surface area contributed by atoms with Crippen molar-refractivity contribution in [1.82, 2.24) is 0 Å². The van der Waals surface area contributed by atoms with Crippen LogP contribution >= 0.6 is 0 Å². The maximum absolute atomic E-state index is 10.9. The Kier molecular flexibility index (Phi) is 3.07. The molecule has 4 heteroatoms. The van der Waals surface area contributed by atoms with Crippen LogP contribution in [0.25, 0.3) is 0 Å². The van der Waals surface area contributed by atoms with Gasteiger partial charge in [-0.2, -0.15) is 0 Å². The van der Waals surface area contributed by atoms with E-state index in [1.807, 2.05) is 0 Å². The normalized spacial score (nSPS) is 35.5. The van der Waals surface area contributed by atoms with Gasteiger partial charge in [-0.3, -0.25) is 0 Å². The molecule has 1 heterocycles. The highest BCUT2D eigenvalue weighted by atomic mass is 16.8. The lowest BCUT2D eigenvalue weighted by atomic mass is 9.97. The average molecular weight is 200 g/mol. The predicted octanol–water partition coefficient (Wildman–Crippen LogP) is 1.07. The third-order valence-electron chi connectivity index (χ3n) is 2.31. The molecule has 0 aliphatic carbocycles. The van der Waals surface area contributed by atoms with Gasteiger partial charge >= 0.3 is 0 Å². The van der Waals surface area contributed by atoms with Crippen molar-refractivity contribution in [3.63, 3.8) is 0 Å². The van der Waals surface area contributed by atoms with Crippen LogP contribution in [0.15, 0.2) is 0 Å². The van der Waals surface area contributed by atoms with Crippen LogP contribution in [0, 0.1) is 0 Å². The highest BCUT2D eigenvalue weighted by Crippen LogP contribution is 2.36. The molecular formula is C10H16O4. The molecule has 1 aliphatic rings. The van der Waals surface area contributed by atoms with E-state index in [9.17, 15) is 9.59 Å². The van der Waals surface area contributed by atoms with Gasteiger partial charge in [-0.15, -0.1) is 0 Å². The molecule has 1 fully saturated rings. The second kappa shape index (κ2) is 3.79. The van der Waals surface area contributed by atoms with E-state index in [4.69, 9.17) is 9.47 Å². The first-order valence-electron chi connectivity index (χ1n) is 4.71. The fraction of sp³-hybridized carbons (Fsp3) is 0.800. The van der Waals surface area contributed by atoms with Crippen molar-refractivity contribution < 1.29 is 19.1 Å². The molecule has 0 aromatic heterocycles. The van der Waals surface area contributed by atoms with E-state index >= 15 is 0 Å². The summed E-state index contributed by atoms with van der Waals surface area (Å²) in [6.07, 6.45) is 2.13. The SMILES string of the molecule is CC1(C)O[C@@H](CCC=O)[C@](C)(C=O)O1. The van der Waals surface area contributed by atoms with Crippen LogP contribution in [0.1, 0.15) is 33.6 Å². The van der Waals surface area contributed by atoms with Crippen LogP contribution in [-0.2, 0) is 19.1 Å². The molecule has 2 atom stereocenters. The maximum atomic E-state index is 10.9. The topological polar surface area (TPSA) is 52.6 Å². The summed E-state index contributed by atoms with van der Waals surface area (Å²) >= 11 is 0. The Hall–Kier alpha value is -0.740. The Morgan fingerprint density at radius 3 is 2.43 bits per heavy atom. The monoisotopic (exact) mass is 200 g/mol. The summed E-state index contributed by atoms with van der Waals surface area (Å²) in [5, 5.41) is 0. The molecule has 0 spiro atoms. The summed E-state index contributed by atoms with van der Waals surface area (Å²) in [7, 11) is 0. The molecule has 80 valence electrons. The number of hydrogen-bond donors (Lipinski definition) is 0. The van der Waals surface area contributed by atoms with Gasteiger partial charge in [0, 0.05) is 6.42 Å². The van der Waals surface area contributed by atoms with Gasteiger partial charge in [0.25, 0.3) is 0 Å². The molecule has 0 radical (unpaired) electrons. The standard InChI is InChI=1S/C10H16O4/c1-9(2)13-8(5-4-6-11)10(3,7-12)14-9/h6-8H,4-5H2,1-3H3/t8-,10-/m0/s1. The van der Waals surface area contributed by atoms with Crippen LogP contribution < -0.4 is 0 Å². The van der Waals surface area contributed by atoms with Crippen molar-refractivity contribution in [2.45, 2.75) is 51.1 Å². The molecule has 0 bridgehead atoms. The van der Waals surface area contributed by atoms with Gasteiger partial charge in [0.1, 0.15) is 11.9 Å². The first-order chi connectivity index (χ1) is 6.43. The first kappa shape index (κ1) is 11.3. The summed E-state index contributed by atoms with van der Waals surface area (Å²) < 4.78 is 11.0. The Balaban J connectivity index is 2.72. The lowest BCUT2D eigenvalue weighted by molar-refractivity contribution is -0.163. The van der Waals surface area contributed by atoms with Crippen molar-refractivity contribution in [3.8, 4) is 0 Å². The molecule has 1 rings (SSSR count). The number of ether oxygens (including phenoxy) is 2. The molecule has 0 aromatic rings. The minimum atomic E-state index is -0.924. The Morgan fingerprint density at radius 1 is 1.29 bits per heavy atom. The van der Waals surface area contributed by atoms with E-state index in [-0.39, 0.29) is 6.10 Å². The molecule has 0 amide bonds. The minimum Gasteiger partial charge on any atom is -0.344 e. The van der Waals surface area contributed by atoms with E-state index in [1.165, 1.54) is 0 Å². The lowest BCUT2D eigenvalue weighted by Gasteiger charge is -2.21. The minimum absolute atomic E-state index is 0.333. The third-order valence-corrected chi connectivity index (χ3v) is 2.31. The van der Waals surface area contributed by atoms with E-state index < -0.39 is 11.4 Å². The largest absolute Gasteiger partial charge is 0.344 e. The van der Waals surface area contributed by atoms with Gasteiger partial charge < -0.3 is 19.1 Å². The van der Waals surface area contributed by atoms with Crippen LogP contribution in [0.5, 0.6) is 0 Å². The fourth-order valence-electron chi connectivity index (χ4n) is 1.74. The zero-order valence-electron chi connectivity index (χ0n) is 8.78. The van der Waals surface area contributed by atoms with Crippen LogP contribution in [0.4, 0.5) is 0 Å². The number of carbonyl (C=O) groups is 2. The van der Waals surface area contributed by atoms with Crippen molar-refractivity contribution >= 4 is 12.6 Å². The summed E-state index contributed by atoms with van der Waals surface area (Å²) in [5.41, 5.74) is -0.924. The molecule has 1 saturated heterocycles. The highest BCUT2D eigenvalue weighted by Gasteiger charge is 2.49. The van der Waals surface area contributed by atoms with Gasteiger partial charge in [-0.05, 0) is 27.2 Å². The van der Waals surface area contributed by atoms with Gasteiger partial charge in [-0.1, -0.05) is 0 Å². The van der Waals surface area contributed by atoms with Crippen molar-refractivity contribution in [1.29, 1.82) is 0 Å². The van der Waals surface area contributed by atoms with Gasteiger partial charge in [0.2, 0.25) is 0 Å². The second-order valence-electron chi connectivity index (χ2n) is 4.15. The lowest BCUT2D eigenvalue weighted by Crippen LogP contribution is -2.38. The van der Waals surface area contributed by atoms with Gasteiger partial charge in [-0.25, -0.2) is 0 Å². The summed E-state index contributed by atoms with van der Waals surface area (Å²) in [6, 6.07) is 0. The fourth-order valence-corrected chi connectivity index (χ4v) is 1.74. The molecular weight excluding hydrogens is 184 g/mol. The zero-order chi connectivity index (χ0) is 10.8. The average Bonchev–Trinajstić information content (AvgIpc) is 2.33. The van der Waals surface area contributed by atoms with E-state index in [1.54, 1.807) is 20.8 Å².